The summed E-state index contributed by atoms with van der Waals surface area (Å²) in [5.74, 6) is 0.966. The fourth-order valence-corrected chi connectivity index (χ4v) is 4.32. The van der Waals surface area contributed by atoms with E-state index >= 15 is 0 Å². The molecule has 0 spiro atoms. The van der Waals surface area contributed by atoms with Crippen molar-refractivity contribution < 1.29 is 8.42 Å². The first-order valence-corrected chi connectivity index (χ1v) is 11.1. The highest BCUT2D eigenvalue weighted by Gasteiger charge is 2.26. The predicted molar refractivity (Wildman–Crippen MR) is 114 cm³/mol. The molecule has 30 heavy (non-hydrogen) atoms. The van der Waals surface area contributed by atoms with Crippen LogP contribution < -0.4 is 16.4 Å². The number of sulfonamides is 1. The van der Waals surface area contributed by atoms with Crippen LogP contribution in [-0.4, -0.2) is 69.6 Å². The molecule has 11 nitrogen and oxygen atoms in total. The molecule has 3 aromatic rings. The Balaban J connectivity index is 1.55. The molecule has 4 N–H and O–H groups in total. The summed E-state index contributed by atoms with van der Waals surface area (Å²) in [6.45, 7) is 3.51. The summed E-state index contributed by atoms with van der Waals surface area (Å²) in [5.41, 5.74) is 14.2. The number of rotatable bonds is 5. The number of nitrogens with zero attached hydrogens (tertiary/aromatic N) is 7. The largest absolute Gasteiger partial charge is 0.399 e. The van der Waals surface area contributed by atoms with E-state index in [9.17, 15) is 8.42 Å². The molecule has 0 amide bonds. The van der Waals surface area contributed by atoms with Gasteiger partial charge in [0.15, 0.2) is 5.82 Å². The van der Waals surface area contributed by atoms with Crippen LogP contribution in [0.3, 0.4) is 0 Å². The number of anilines is 3. The van der Waals surface area contributed by atoms with E-state index in [0.717, 1.165) is 5.69 Å². The molecule has 1 aromatic carbocycles. The van der Waals surface area contributed by atoms with Crippen LogP contribution >= 0.6 is 0 Å². The summed E-state index contributed by atoms with van der Waals surface area (Å²) >= 11 is 0. The summed E-state index contributed by atoms with van der Waals surface area (Å²) in [7, 11) is -3.19. The fourth-order valence-electron chi connectivity index (χ4n) is 3.23. The van der Waals surface area contributed by atoms with Crippen LogP contribution in [0.2, 0.25) is 0 Å². The van der Waals surface area contributed by atoms with E-state index < -0.39 is 10.0 Å². The number of benzene rings is 1. The van der Waals surface area contributed by atoms with Crippen LogP contribution in [0.4, 0.5) is 17.3 Å². The first kappa shape index (κ1) is 20.0. The van der Waals surface area contributed by atoms with Crippen molar-refractivity contribution in [1.82, 2.24) is 29.3 Å². The van der Waals surface area contributed by atoms with E-state index in [1.54, 1.807) is 36.1 Å². The second-order valence-corrected chi connectivity index (χ2v) is 9.15. The standard InChI is InChI=1S/C18H23N9O2S/c1-2-30(28,29)26-9-7-25(8-10-26)16-11-21-18(20)17(22-16)15-12-27(24-23-15)14-5-3-13(19)4-6-14/h3-6,11-12H,2,7-10,19H2,1H3,(H2,20,21). The average molecular weight is 430 g/mol. The minimum atomic E-state index is -3.19. The Morgan fingerprint density at radius 1 is 1.07 bits per heavy atom. The van der Waals surface area contributed by atoms with Gasteiger partial charge in [-0.2, -0.15) is 4.31 Å². The van der Waals surface area contributed by atoms with Crippen molar-refractivity contribution in [2.24, 2.45) is 0 Å². The topological polar surface area (TPSA) is 149 Å². The van der Waals surface area contributed by atoms with Crippen molar-refractivity contribution in [2.75, 3.05) is 48.3 Å². The lowest BCUT2D eigenvalue weighted by atomic mass is 10.3. The van der Waals surface area contributed by atoms with Crippen molar-refractivity contribution in [3.05, 3.63) is 36.7 Å². The third kappa shape index (κ3) is 3.91. The minimum absolute atomic E-state index is 0.0997. The predicted octanol–water partition coefficient (Wildman–Crippen LogP) is 0.360. The number of hydrogen-bond donors (Lipinski definition) is 2. The molecule has 0 bridgehead atoms. The Hall–Kier alpha value is -3.25. The van der Waals surface area contributed by atoms with E-state index in [1.165, 1.54) is 4.31 Å². The van der Waals surface area contributed by atoms with Crippen LogP contribution in [0.1, 0.15) is 6.92 Å². The third-order valence-corrected chi connectivity index (χ3v) is 6.88. The number of aromatic nitrogens is 5. The fraction of sp³-hybridized carbons (Fsp3) is 0.333. The van der Waals surface area contributed by atoms with Gasteiger partial charge in [0.05, 0.1) is 23.8 Å². The highest BCUT2D eigenvalue weighted by atomic mass is 32.2. The van der Waals surface area contributed by atoms with Crippen molar-refractivity contribution in [3.63, 3.8) is 0 Å². The lowest BCUT2D eigenvalue weighted by Gasteiger charge is -2.34. The van der Waals surface area contributed by atoms with Gasteiger partial charge < -0.3 is 16.4 Å². The van der Waals surface area contributed by atoms with E-state index in [-0.39, 0.29) is 11.6 Å². The van der Waals surface area contributed by atoms with E-state index in [0.29, 0.717) is 49.1 Å². The molecule has 0 unspecified atom stereocenters. The summed E-state index contributed by atoms with van der Waals surface area (Å²) < 4.78 is 27.2. The van der Waals surface area contributed by atoms with Crippen molar-refractivity contribution in [3.8, 4) is 17.1 Å². The number of piperazine rings is 1. The molecule has 0 aliphatic carbocycles. The van der Waals surface area contributed by atoms with Crippen LogP contribution in [0.5, 0.6) is 0 Å². The van der Waals surface area contributed by atoms with Crippen LogP contribution in [0.15, 0.2) is 36.7 Å². The van der Waals surface area contributed by atoms with Gasteiger partial charge in [0.25, 0.3) is 0 Å². The minimum Gasteiger partial charge on any atom is -0.399 e. The zero-order chi connectivity index (χ0) is 21.3. The molecule has 4 rings (SSSR count). The Labute approximate surface area is 174 Å². The zero-order valence-corrected chi connectivity index (χ0v) is 17.3. The first-order valence-electron chi connectivity index (χ1n) is 9.51. The molecule has 1 fully saturated rings. The zero-order valence-electron chi connectivity index (χ0n) is 16.5. The third-order valence-electron chi connectivity index (χ3n) is 5.00. The van der Waals surface area contributed by atoms with Crippen molar-refractivity contribution in [1.29, 1.82) is 0 Å². The van der Waals surface area contributed by atoms with Gasteiger partial charge in [0, 0.05) is 31.9 Å². The normalized spacial score (nSPS) is 15.4. The van der Waals surface area contributed by atoms with E-state index in [4.69, 9.17) is 11.5 Å². The number of nitrogens with two attached hydrogens (primary N) is 2. The van der Waals surface area contributed by atoms with Crippen molar-refractivity contribution in [2.45, 2.75) is 6.92 Å². The van der Waals surface area contributed by atoms with E-state index in [1.807, 2.05) is 17.0 Å². The molecule has 1 aliphatic heterocycles. The molecule has 1 saturated heterocycles. The van der Waals surface area contributed by atoms with E-state index in [2.05, 4.69) is 20.3 Å². The summed E-state index contributed by atoms with van der Waals surface area (Å²) in [6, 6.07) is 7.24. The molecule has 0 atom stereocenters. The maximum atomic E-state index is 12.1. The SMILES string of the molecule is CCS(=O)(=O)N1CCN(c2cnc(N)c(-c3cn(-c4ccc(N)cc4)nn3)n2)CC1. The summed E-state index contributed by atoms with van der Waals surface area (Å²) in [5, 5.41) is 8.32. The van der Waals surface area contributed by atoms with Gasteiger partial charge in [0.1, 0.15) is 17.2 Å². The second kappa shape index (κ2) is 7.88. The Morgan fingerprint density at radius 3 is 2.43 bits per heavy atom. The van der Waals surface area contributed by atoms with Crippen LogP contribution in [0, 0.1) is 0 Å². The van der Waals surface area contributed by atoms with Gasteiger partial charge in [-0.15, -0.1) is 5.10 Å². The van der Waals surface area contributed by atoms with Crippen LogP contribution in [-0.2, 0) is 10.0 Å². The molecule has 0 saturated carbocycles. The van der Waals surface area contributed by atoms with Gasteiger partial charge in [-0.05, 0) is 31.2 Å². The highest BCUT2D eigenvalue weighted by molar-refractivity contribution is 7.89. The molecule has 1 aliphatic rings. The highest BCUT2D eigenvalue weighted by Crippen LogP contribution is 2.24. The lowest BCUT2D eigenvalue weighted by molar-refractivity contribution is 0.384. The van der Waals surface area contributed by atoms with Gasteiger partial charge in [0.2, 0.25) is 10.0 Å². The molecule has 2 aromatic heterocycles. The van der Waals surface area contributed by atoms with Gasteiger partial charge in [-0.1, -0.05) is 5.21 Å². The van der Waals surface area contributed by atoms with Crippen molar-refractivity contribution >= 4 is 27.3 Å². The summed E-state index contributed by atoms with van der Waals surface area (Å²) in [6.07, 6.45) is 3.31. The molecular formula is C18H23N9O2S. The average Bonchev–Trinajstić information content (AvgIpc) is 3.25. The van der Waals surface area contributed by atoms with Gasteiger partial charge in [-0.25, -0.2) is 23.1 Å². The maximum Gasteiger partial charge on any atom is 0.213 e. The maximum absolute atomic E-state index is 12.1. The molecule has 0 radical (unpaired) electrons. The molecular weight excluding hydrogens is 406 g/mol. The van der Waals surface area contributed by atoms with Gasteiger partial charge >= 0.3 is 0 Å². The Morgan fingerprint density at radius 2 is 1.77 bits per heavy atom. The Kier molecular flexibility index (Phi) is 5.26. The number of nitrogen functional groups attached to an aromatic ring is 2. The van der Waals surface area contributed by atoms with Gasteiger partial charge in [-0.3, -0.25) is 0 Å². The first-order chi connectivity index (χ1) is 14.4. The van der Waals surface area contributed by atoms with Crippen LogP contribution in [0.25, 0.3) is 17.1 Å². The molecule has 12 heteroatoms. The lowest BCUT2D eigenvalue weighted by Crippen LogP contribution is -2.49. The molecule has 3 heterocycles. The molecule has 158 valence electrons. The smallest absolute Gasteiger partial charge is 0.213 e. The summed E-state index contributed by atoms with van der Waals surface area (Å²) in [4.78, 5) is 10.9. The Bertz CT molecular complexity index is 1140. The monoisotopic (exact) mass is 429 g/mol. The number of hydrogen-bond acceptors (Lipinski definition) is 9. The second-order valence-electron chi connectivity index (χ2n) is 6.89. The quantitative estimate of drug-likeness (QED) is 0.548.